The van der Waals surface area contributed by atoms with Crippen LogP contribution in [0.25, 0.3) is 0 Å². The van der Waals surface area contributed by atoms with Crippen molar-refractivity contribution in [3.8, 4) is 12.3 Å². The van der Waals surface area contributed by atoms with Gasteiger partial charge in [0, 0.05) is 12.7 Å². The van der Waals surface area contributed by atoms with Crippen LogP contribution in [0.1, 0.15) is 20.3 Å². The van der Waals surface area contributed by atoms with Crippen LogP contribution in [-0.2, 0) is 9.84 Å². The average Bonchev–Trinajstić information content (AvgIpc) is 1.97. The fourth-order valence-electron chi connectivity index (χ4n) is 0.882. The van der Waals surface area contributed by atoms with E-state index in [1.807, 2.05) is 0 Å². The van der Waals surface area contributed by atoms with Crippen LogP contribution >= 0.6 is 0 Å². The van der Waals surface area contributed by atoms with Gasteiger partial charge >= 0.3 is 0 Å². The second-order valence-corrected chi connectivity index (χ2v) is 6.10. The van der Waals surface area contributed by atoms with E-state index in [1.54, 1.807) is 13.8 Å². The first kappa shape index (κ1) is 12.4. The van der Waals surface area contributed by atoms with E-state index < -0.39 is 20.6 Å². The van der Waals surface area contributed by atoms with Crippen LogP contribution in [0.3, 0.4) is 0 Å². The molecular formula is C8H16N2O2S. The maximum absolute atomic E-state index is 11.4. The summed E-state index contributed by atoms with van der Waals surface area (Å²) in [7, 11) is -3.17. The molecule has 0 radical (unpaired) electrons. The second kappa shape index (κ2) is 4.09. The van der Waals surface area contributed by atoms with E-state index in [4.69, 9.17) is 12.3 Å². The molecule has 76 valence electrons. The zero-order valence-corrected chi connectivity index (χ0v) is 8.98. The summed E-state index contributed by atoms with van der Waals surface area (Å²) in [5.74, 6) is 7.62. The van der Waals surface area contributed by atoms with Gasteiger partial charge in [-0.25, -0.2) is 8.42 Å². The highest BCUT2D eigenvalue weighted by molar-refractivity contribution is 7.92. The van der Waals surface area contributed by atoms with E-state index in [1.165, 1.54) is 6.26 Å². The number of hydrogen-bond donors (Lipinski definition) is 2. The summed E-state index contributed by atoms with van der Waals surface area (Å²) in [6.07, 6.45) is 6.57. The third kappa shape index (κ3) is 2.69. The smallest absolute Gasteiger partial charge is 0.154 e. The van der Waals surface area contributed by atoms with Crippen LogP contribution in [0.5, 0.6) is 0 Å². The molecule has 0 bridgehead atoms. The topological polar surface area (TPSA) is 72.2 Å². The van der Waals surface area contributed by atoms with Gasteiger partial charge in [0.25, 0.3) is 0 Å². The van der Waals surface area contributed by atoms with Gasteiger partial charge in [-0.15, -0.1) is 12.3 Å². The van der Waals surface area contributed by atoms with Crippen molar-refractivity contribution in [1.82, 2.24) is 5.43 Å². The third-order valence-electron chi connectivity index (χ3n) is 2.32. The van der Waals surface area contributed by atoms with Gasteiger partial charge in [0.2, 0.25) is 0 Å². The summed E-state index contributed by atoms with van der Waals surface area (Å²) in [4.78, 5) is 0. The highest BCUT2D eigenvalue weighted by Crippen LogP contribution is 2.21. The molecule has 0 aromatic heterocycles. The van der Waals surface area contributed by atoms with Crippen molar-refractivity contribution in [1.29, 1.82) is 0 Å². The lowest BCUT2D eigenvalue weighted by molar-refractivity contribution is 0.421. The molecule has 0 rings (SSSR count). The van der Waals surface area contributed by atoms with Gasteiger partial charge < -0.3 is 0 Å². The summed E-state index contributed by atoms with van der Waals surface area (Å²) >= 11 is 0. The van der Waals surface area contributed by atoms with Gasteiger partial charge in [0.1, 0.15) is 0 Å². The maximum atomic E-state index is 11.4. The van der Waals surface area contributed by atoms with Crippen molar-refractivity contribution < 1.29 is 8.42 Å². The Morgan fingerprint density at radius 2 is 2.08 bits per heavy atom. The number of nitrogens with one attached hydrogen (secondary N) is 1. The lowest BCUT2D eigenvalue weighted by atomic mass is 10.0. The Hall–Kier alpha value is -0.570. The number of hydrogen-bond acceptors (Lipinski definition) is 4. The fourth-order valence-corrected chi connectivity index (χ4v) is 1.55. The quantitative estimate of drug-likeness (QED) is 0.373. The summed E-state index contributed by atoms with van der Waals surface area (Å²) in [6, 6.07) is -0.424. The Balaban J connectivity index is 4.91. The standard InChI is InChI=1S/C8H16N2O2S/c1-5-6-7(10-9)8(2,3)13(4,11)12/h1,7,10H,6,9H2,2-4H3. The van der Waals surface area contributed by atoms with Crippen LogP contribution in [0.2, 0.25) is 0 Å². The maximum Gasteiger partial charge on any atom is 0.154 e. The highest BCUT2D eigenvalue weighted by atomic mass is 32.2. The summed E-state index contributed by atoms with van der Waals surface area (Å²) < 4.78 is 21.8. The molecule has 0 aliphatic rings. The van der Waals surface area contributed by atoms with Gasteiger partial charge in [-0.05, 0) is 13.8 Å². The number of rotatable bonds is 4. The number of hydrazine groups is 1. The minimum Gasteiger partial charge on any atom is -0.271 e. The Morgan fingerprint density at radius 3 is 2.31 bits per heavy atom. The molecule has 1 unspecified atom stereocenters. The summed E-state index contributed by atoms with van der Waals surface area (Å²) in [6.45, 7) is 3.20. The monoisotopic (exact) mass is 204 g/mol. The molecule has 0 spiro atoms. The van der Waals surface area contributed by atoms with Gasteiger partial charge in [-0.3, -0.25) is 11.3 Å². The first-order valence-corrected chi connectivity index (χ1v) is 5.75. The molecule has 0 fully saturated rings. The predicted molar refractivity (Wildman–Crippen MR) is 53.5 cm³/mol. The van der Waals surface area contributed by atoms with Crippen molar-refractivity contribution in [2.24, 2.45) is 5.84 Å². The zero-order chi connectivity index (χ0) is 10.7. The zero-order valence-electron chi connectivity index (χ0n) is 8.16. The number of sulfone groups is 1. The Morgan fingerprint density at radius 1 is 1.62 bits per heavy atom. The van der Waals surface area contributed by atoms with Crippen LogP contribution in [0.15, 0.2) is 0 Å². The molecule has 5 heteroatoms. The van der Waals surface area contributed by atoms with E-state index >= 15 is 0 Å². The predicted octanol–water partition coefficient (Wildman–Crippen LogP) is -0.335. The van der Waals surface area contributed by atoms with Gasteiger partial charge in [-0.2, -0.15) is 0 Å². The molecule has 0 saturated carbocycles. The van der Waals surface area contributed by atoms with Gasteiger partial charge in [0.15, 0.2) is 9.84 Å². The van der Waals surface area contributed by atoms with E-state index in [0.29, 0.717) is 0 Å². The van der Waals surface area contributed by atoms with Crippen LogP contribution in [0.4, 0.5) is 0 Å². The lowest BCUT2D eigenvalue weighted by Gasteiger charge is -2.30. The van der Waals surface area contributed by atoms with E-state index in [9.17, 15) is 8.42 Å². The van der Waals surface area contributed by atoms with E-state index in [2.05, 4.69) is 11.3 Å². The lowest BCUT2D eigenvalue weighted by Crippen LogP contribution is -2.53. The Labute approximate surface area is 79.8 Å². The molecule has 3 N–H and O–H groups in total. The van der Waals surface area contributed by atoms with E-state index in [-0.39, 0.29) is 6.42 Å². The van der Waals surface area contributed by atoms with Crippen molar-refractivity contribution in [3.05, 3.63) is 0 Å². The molecule has 13 heavy (non-hydrogen) atoms. The average molecular weight is 204 g/mol. The molecule has 1 atom stereocenters. The SMILES string of the molecule is C#CCC(NN)C(C)(C)S(C)(=O)=O. The normalized spacial score (nSPS) is 15.0. The first-order chi connectivity index (χ1) is 5.77. The molecule has 0 aliphatic carbocycles. The Kier molecular flexibility index (Phi) is 3.91. The molecule has 0 aromatic rings. The van der Waals surface area contributed by atoms with Crippen molar-refractivity contribution in [3.63, 3.8) is 0 Å². The molecule has 0 heterocycles. The van der Waals surface area contributed by atoms with E-state index in [0.717, 1.165) is 0 Å². The van der Waals surface area contributed by atoms with Crippen LogP contribution in [0, 0.1) is 12.3 Å². The largest absolute Gasteiger partial charge is 0.271 e. The van der Waals surface area contributed by atoms with Gasteiger partial charge in [-0.1, -0.05) is 0 Å². The van der Waals surface area contributed by atoms with Crippen LogP contribution < -0.4 is 11.3 Å². The summed E-state index contributed by atoms with van der Waals surface area (Å²) in [5.41, 5.74) is 2.43. The van der Waals surface area contributed by atoms with Crippen molar-refractivity contribution >= 4 is 9.84 Å². The summed E-state index contributed by atoms with van der Waals surface area (Å²) in [5, 5.41) is 0. The van der Waals surface area contributed by atoms with Crippen LogP contribution in [-0.4, -0.2) is 25.5 Å². The molecular weight excluding hydrogens is 188 g/mol. The molecule has 4 nitrogen and oxygen atoms in total. The molecule has 0 aliphatic heterocycles. The van der Waals surface area contributed by atoms with Crippen molar-refractivity contribution in [2.45, 2.75) is 31.1 Å². The van der Waals surface area contributed by atoms with Crippen molar-refractivity contribution in [2.75, 3.05) is 6.26 Å². The number of terminal acetylenes is 1. The molecule has 0 aromatic carbocycles. The minimum atomic E-state index is -3.17. The molecule has 0 amide bonds. The number of nitrogens with two attached hydrogens (primary N) is 1. The third-order valence-corrected chi connectivity index (χ3v) is 4.51. The van der Waals surface area contributed by atoms with Gasteiger partial charge in [0.05, 0.1) is 10.8 Å². The first-order valence-electron chi connectivity index (χ1n) is 3.86. The Bertz CT molecular complexity index is 301. The highest BCUT2D eigenvalue weighted by Gasteiger charge is 2.37. The fraction of sp³-hybridized carbons (Fsp3) is 0.750. The minimum absolute atomic E-state index is 0.288. The molecule has 0 saturated heterocycles. The second-order valence-electron chi connectivity index (χ2n) is 3.50.